The van der Waals surface area contributed by atoms with Gasteiger partial charge in [-0.15, -0.1) is 0 Å². The van der Waals surface area contributed by atoms with E-state index in [0.29, 0.717) is 17.2 Å². The van der Waals surface area contributed by atoms with Gasteiger partial charge < -0.3 is 8.83 Å². The molecular formula is C37H26ClN3O2. The smallest absolute Gasteiger partial charge is 0.226 e. The maximum atomic E-state index is 6.53. The van der Waals surface area contributed by atoms with E-state index in [2.05, 4.69) is 73.2 Å². The number of hydrogen-bond donors (Lipinski definition) is 0. The van der Waals surface area contributed by atoms with Gasteiger partial charge in [0, 0.05) is 27.1 Å². The van der Waals surface area contributed by atoms with E-state index in [1.54, 1.807) is 0 Å². The van der Waals surface area contributed by atoms with Gasteiger partial charge in [0.2, 0.25) is 5.28 Å². The largest absolute Gasteiger partial charge is 0.456 e. The Bertz CT molecular complexity index is 2350. The van der Waals surface area contributed by atoms with Crippen molar-refractivity contribution in [3.8, 4) is 33.9 Å². The highest BCUT2D eigenvalue weighted by atomic mass is 35.5. The van der Waals surface area contributed by atoms with E-state index in [9.17, 15) is 0 Å². The fourth-order valence-corrected chi connectivity index (χ4v) is 6.14. The number of furan rings is 2. The van der Waals surface area contributed by atoms with Crippen molar-refractivity contribution in [2.75, 3.05) is 0 Å². The Morgan fingerprint density at radius 3 is 2.09 bits per heavy atom. The van der Waals surface area contributed by atoms with Crippen LogP contribution in [0.1, 0.15) is 26.3 Å². The van der Waals surface area contributed by atoms with Crippen LogP contribution in [0.25, 0.3) is 77.8 Å². The van der Waals surface area contributed by atoms with Gasteiger partial charge in [-0.05, 0) is 76.2 Å². The van der Waals surface area contributed by atoms with E-state index < -0.39 is 0 Å². The molecule has 6 heteroatoms. The molecule has 0 aliphatic heterocycles. The van der Waals surface area contributed by atoms with E-state index in [4.69, 9.17) is 25.4 Å². The minimum absolute atomic E-state index is 0.0525. The van der Waals surface area contributed by atoms with Crippen molar-refractivity contribution in [1.82, 2.24) is 15.0 Å². The Hall–Kier alpha value is -5.00. The van der Waals surface area contributed by atoms with Crippen LogP contribution >= 0.6 is 11.6 Å². The Labute approximate surface area is 252 Å². The van der Waals surface area contributed by atoms with Crippen LogP contribution in [-0.2, 0) is 5.41 Å². The Morgan fingerprint density at radius 1 is 0.558 bits per heavy atom. The van der Waals surface area contributed by atoms with Crippen LogP contribution in [0.15, 0.2) is 112 Å². The Balaban J connectivity index is 1.28. The standard InChI is InChI=1S/C37H26ClN3O2/c1-37(2,3)28-13-8-14-31-32(28)27-20-23(16-18-30(27)42-31)34-39-35(41-36(38)40-34)25-12-7-11-24-26-19-22(21-9-5-4-6-10-21)15-17-29(26)43-33(24)25/h4-20H,1-3H3. The van der Waals surface area contributed by atoms with Crippen molar-refractivity contribution >= 4 is 55.5 Å². The molecule has 0 saturated heterocycles. The molecule has 8 rings (SSSR count). The summed E-state index contributed by atoms with van der Waals surface area (Å²) in [5.41, 5.74) is 8.23. The lowest BCUT2D eigenvalue weighted by Crippen LogP contribution is -2.11. The average Bonchev–Trinajstić information content (AvgIpc) is 3.58. The summed E-state index contributed by atoms with van der Waals surface area (Å²) in [4.78, 5) is 14.0. The van der Waals surface area contributed by atoms with Gasteiger partial charge in [0.25, 0.3) is 0 Å². The van der Waals surface area contributed by atoms with E-state index in [1.807, 2.05) is 60.7 Å². The summed E-state index contributed by atoms with van der Waals surface area (Å²) in [6.45, 7) is 6.64. The molecule has 0 atom stereocenters. The molecule has 0 fully saturated rings. The molecule has 0 spiro atoms. The molecule has 3 heterocycles. The third kappa shape index (κ3) is 4.27. The normalized spacial score (nSPS) is 12.2. The summed E-state index contributed by atoms with van der Waals surface area (Å²) >= 11 is 6.53. The van der Waals surface area contributed by atoms with Crippen LogP contribution in [0.4, 0.5) is 0 Å². The summed E-state index contributed by atoms with van der Waals surface area (Å²) < 4.78 is 12.6. The lowest BCUT2D eigenvalue weighted by molar-refractivity contribution is 0.594. The van der Waals surface area contributed by atoms with Gasteiger partial charge in [0.15, 0.2) is 11.6 Å². The number of rotatable bonds is 3. The lowest BCUT2D eigenvalue weighted by Gasteiger charge is -2.20. The number of nitrogens with zero attached hydrogens (tertiary/aromatic N) is 3. The summed E-state index contributed by atoms with van der Waals surface area (Å²) in [5, 5.41) is 4.26. The number of fused-ring (bicyclic) bond motifs is 6. The fraction of sp³-hybridized carbons (Fsp3) is 0.108. The molecule has 43 heavy (non-hydrogen) atoms. The maximum absolute atomic E-state index is 6.53. The number of para-hydroxylation sites is 1. The topological polar surface area (TPSA) is 65.0 Å². The van der Waals surface area contributed by atoms with Gasteiger partial charge in [-0.25, -0.2) is 4.98 Å². The SMILES string of the molecule is CC(C)(C)c1cccc2oc3ccc(-c4nc(Cl)nc(-c5cccc6c5oc5ccc(-c7ccccc7)cc56)n4)cc3c12. The summed E-state index contributed by atoms with van der Waals surface area (Å²) in [7, 11) is 0. The maximum Gasteiger partial charge on any atom is 0.226 e. The molecule has 0 bridgehead atoms. The third-order valence-electron chi connectivity index (χ3n) is 8.01. The second-order valence-corrected chi connectivity index (χ2v) is 12.2. The van der Waals surface area contributed by atoms with E-state index >= 15 is 0 Å². The molecule has 0 N–H and O–H groups in total. The van der Waals surface area contributed by atoms with Crippen molar-refractivity contribution in [2.24, 2.45) is 0 Å². The molecule has 0 radical (unpaired) electrons. The zero-order valence-electron chi connectivity index (χ0n) is 23.9. The fourth-order valence-electron chi connectivity index (χ4n) is 5.98. The molecule has 8 aromatic rings. The van der Waals surface area contributed by atoms with Crippen molar-refractivity contribution in [3.63, 3.8) is 0 Å². The molecule has 5 nitrogen and oxygen atoms in total. The molecule has 208 valence electrons. The second-order valence-electron chi connectivity index (χ2n) is 11.9. The first-order valence-electron chi connectivity index (χ1n) is 14.2. The Morgan fingerprint density at radius 2 is 1.28 bits per heavy atom. The van der Waals surface area contributed by atoms with Gasteiger partial charge in [0.1, 0.15) is 22.3 Å². The highest BCUT2D eigenvalue weighted by molar-refractivity contribution is 6.28. The monoisotopic (exact) mass is 579 g/mol. The van der Waals surface area contributed by atoms with Crippen LogP contribution in [0.2, 0.25) is 5.28 Å². The molecule has 0 aliphatic carbocycles. The van der Waals surface area contributed by atoms with Crippen LogP contribution < -0.4 is 0 Å². The molecule has 0 aliphatic rings. The second kappa shape index (κ2) is 9.51. The van der Waals surface area contributed by atoms with Crippen LogP contribution in [-0.4, -0.2) is 15.0 Å². The quantitative estimate of drug-likeness (QED) is 0.208. The van der Waals surface area contributed by atoms with E-state index in [1.165, 1.54) is 5.56 Å². The summed E-state index contributed by atoms with van der Waals surface area (Å²) in [6, 6.07) is 34.9. The van der Waals surface area contributed by atoms with Gasteiger partial charge in [-0.2, -0.15) is 9.97 Å². The average molecular weight is 580 g/mol. The van der Waals surface area contributed by atoms with Crippen molar-refractivity contribution in [3.05, 3.63) is 114 Å². The first-order chi connectivity index (χ1) is 20.8. The molecule has 5 aromatic carbocycles. The van der Waals surface area contributed by atoms with Gasteiger partial charge in [0.05, 0.1) is 5.56 Å². The van der Waals surface area contributed by atoms with Crippen LogP contribution in [0.5, 0.6) is 0 Å². The van der Waals surface area contributed by atoms with Crippen molar-refractivity contribution < 1.29 is 8.83 Å². The van der Waals surface area contributed by atoms with Crippen LogP contribution in [0, 0.1) is 0 Å². The minimum Gasteiger partial charge on any atom is -0.456 e. The zero-order valence-corrected chi connectivity index (χ0v) is 24.6. The summed E-state index contributed by atoms with van der Waals surface area (Å²) in [6.07, 6.45) is 0. The lowest BCUT2D eigenvalue weighted by atomic mass is 9.84. The molecule has 0 saturated carbocycles. The number of aromatic nitrogens is 3. The third-order valence-corrected chi connectivity index (χ3v) is 8.18. The predicted octanol–water partition coefficient (Wildman–Crippen LogP) is 10.6. The molecule has 3 aromatic heterocycles. The molecule has 0 amide bonds. The number of hydrogen-bond acceptors (Lipinski definition) is 5. The predicted molar refractivity (Wildman–Crippen MR) is 174 cm³/mol. The van der Waals surface area contributed by atoms with E-state index in [-0.39, 0.29) is 10.7 Å². The first-order valence-corrected chi connectivity index (χ1v) is 14.6. The van der Waals surface area contributed by atoms with Crippen molar-refractivity contribution in [2.45, 2.75) is 26.2 Å². The minimum atomic E-state index is -0.0525. The number of halogens is 1. The number of benzene rings is 5. The van der Waals surface area contributed by atoms with Gasteiger partial charge in [-0.3, -0.25) is 0 Å². The Kier molecular flexibility index (Phi) is 5.68. The summed E-state index contributed by atoms with van der Waals surface area (Å²) in [5.74, 6) is 0.939. The highest BCUT2D eigenvalue weighted by Gasteiger charge is 2.22. The molecular weight excluding hydrogens is 554 g/mol. The molecule has 0 unspecified atom stereocenters. The van der Waals surface area contributed by atoms with Crippen molar-refractivity contribution in [1.29, 1.82) is 0 Å². The zero-order chi connectivity index (χ0) is 29.3. The highest BCUT2D eigenvalue weighted by Crippen LogP contribution is 2.40. The van der Waals surface area contributed by atoms with Gasteiger partial charge in [-0.1, -0.05) is 81.4 Å². The first kappa shape index (κ1) is 25.7. The van der Waals surface area contributed by atoms with Crippen LogP contribution in [0.3, 0.4) is 0 Å². The van der Waals surface area contributed by atoms with E-state index in [0.717, 1.165) is 60.5 Å². The van der Waals surface area contributed by atoms with Gasteiger partial charge >= 0.3 is 0 Å².